The van der Waals surface area contributed by atoms with Gasteiger partial charge in [0.15, 0.2) is 0 Å². The molecule has 0 aromatic rings. The van der Waals surface area contributed by atoms with E-state index in [0.717, 1.165) is 6.42 Å². The molecule has 124 valence electrons. The molecule has 1 aliphatic rings. The van der Waals surface area contributed by atoms with E-state index in [1.165, 1.54) is 41.6 Å². The summed E-state index contributed by atoms with van der Waals surface area (Å²) in [4.78, 5) is 0. The summed E-state index contributed by atoms with van der Waals surface area (Å²) in [6.45, 7) is 18.5. The highest BCUT2D eigenvalue weighted by atomic mass is 14.1. The van der Waals surface area contributed by atoms with E-state index in [-0.39, 0.29) is 0 Å². The highest BCUT2D eigenvalue weighted by Crippen LogP contribution is 2.25. The van der Waals surface area contributed by atoms with Gasteiger partial charge in [-0.25, -0.2) is 0 Å². The third kappa shape index (κ3) is 11.4. The van der Waals surface area contributed by atoms with E-state index >= 15 is 0 Å². The van der Waals surface area contributed by atoms with Gasteiger partial charge in [-0.3, -0.25) is 0 Å². The van der Waals surface area contributed by atoms with Crippen molar-refractivity contribution in [3.8, 4) is 0 Å². The zero-order valence-corrected chi connectivity index (χ0v) is 15.9. The quantitative estimate of drug-likeness (QED) is 0.371. The minimum absolute atomic E-state index is 0.653. The van der Waals surface area contributed by atoms with Gasteiger partial charge >= 0.3 is 0 Å². The van der Waals surface area contributed by atoms with E-state index in [9.17, 15) is 0 Å². The van der Waals surface area contributed by atoms with Crippen LogP contribution in [0.4, 0.5) is 0 Å². The second-order valence-corrected chi connectivity index (χ2v) is 6.98. The Labute approximate surface area is 139 Å². The van der Waals surface area contributed by atoms with Crippen LogP contribution >= 0.6 is 0 Å². The number of hydrogen-bond acceptors (Lipinski definition) is 0. The van der Waals surface area contributed by atoms with Crippen LogP contribution in [0, 0.1) is 5.92 Å². The number of hydrogen-bond donors (Lipinski definition) is 0. The molecule has 0 aromatic carbocycles. The molecular weight excluding hydrogens is 264 g/mol. The third-order valence-electron chi connectivity index (χ3n) is 3.38. The molecule has 0 spiro atoms. The largest absolute Gasteiger partial charge is 0.100 e. The fraction of sp³-hybridized carbons (Fsp3) is 0.545. The van der Waals surface area contributed by atoms with Gasteiger partial charge in [0.2, 0.25) is 0 Å². The Morgan fingerprint density at radius 1 is 1.18 bits per heavy atom. The van der Waals surface area contributed by atoms with Crippen molar-refractivity contribution in [3.63, 3.8) is 0 Å². The minimum Gasteiger partial charge on any atom is -0.100 e. The van der Waals surface area contributed by atoms with Crippen LogP contribution in [0.25, 0.3) is 0 Å². The van der Waals surface area contributed by atoms with Crippen LogP contribution < -0.4 is 0 Å². The standard InChI is InChI=1S/C18H28.C4H8/c1-6-17(10-14(2)3)12-16(5)13-18-9-7-8-15(4)11-18;1-4(2)3/h10-13,18H,6-9H2,1-5H3;1H2,2-3H3/b16-13+,17-12-;. The van der Waals surface area contributed by atoms with Gasteiger partial charge in [0.05, 0.1) is 0 Å². The summed E-state index contributed by atoms with van der Waals surface area (Å²) in [5.41, 5.74) is 6.93. The van der Waals surface area contributed by atoms with Crippen LogP contribution in [0.2, 0.25) is 0 Å². The van der Waals surface area contributed by atoms with Gasteiger partial charge in [0.1, 0.15) is 0 Å². The topological polar surface area (TPSA) is 0 Å². The summed E-state index contributed by atoms with van der Waals surface area (Å²) < 4.78 is 0. The Bertz CT molecular complexity index is 458. The van der Waals surface area contributed by atoms with Crippen LogP contribution in [-0.4, -0.2) is 0 Å². The molecule has 0 saturated carbocycles. The molecule has 0 aliphatic heterocycles. The van der Waals surface area contributed by atoms with Gasteiger partial charge in [0.25, 0.3) is 0 Å². The molecule has 0 N–H and O–H groups in total. The van der Waals surface area contributed by atoms with Crippen molar-refractivity contribution in [2.24, 2.45) is 5.92 Å². The maximum Gasteiger partial charge on any atom is -0.00451 e. The molecule has 0 amide bonds. The van der Waals surface area contributed by atoms with Crippen LogP contribution in [-0.2, 0) is 0 Å². The van der Waals surface area contributed by atoms with E-state index in [0.29, 0.717) is 5.92 Å². The first-order valence-electron chi connectivity index (χ1n) is 8.57. The van der Waals surface area contributed by atoms with Crippen LogP contribution in [0.3, 0.4) is 0 Å². The minimum atomic E-state index is 0.653. The van der Waals surface area contributed by atoms with Gasteiger partial charge in [-0.1, -0.05) is 53.5 Å². The lowest BCUT2D eigenvalue weighted by atomic mass is 9.89. The van der Waals surface area contributed by atoms with Gasteiger partial charge in [-0.15, -0.1) is 6.58 Å². The average Bonchev–Trinajstić information content (AvgIpc) is 2.36. The SMILES string of the molecule is C=C(C)C.CC/C(C=C(C)C)=C/C(C)=C/C1C=C(C)CCC1. The molecule has 0 radical (unpaired) electrons. The normalized spacial score (nSPS) is 18.9. The second kappa shape index (κ2) is 11.3. The highest BCUT2D eigenvalue weighted by molar-refractivity contribution is 5.31. The van der Waals surface area contributed by atoms with E-state index in [1.807, 2.05) is 13.8 Å². The van der Waals surface area contributed by atoms with E-state index < -0.39 is 0 Å². The van der Waals surface area contributed by atoms with Crippen molar-refractivity contribution in [2.75, 3.05) is 0 Å². The Morgan fingerprint density at radius 3 is 2.23 bits per heavy atom. The van der Waals surface area contributed by atoms with E-state index in [2.05, 4.69) is 65.5 Å². The molecule has 22 heavy (non-hydrogen) atoms. The smallest absolute Gasteiger partial charge is 0.00451 e. The maximum absolute atomic E-state index is 3.56. The molecule has 1 rings (SSSR count). The second-order valence-electron chi connectivity index (χ2n) is 6.98. The van der Waals surface area contributed by atoms with Crippen molar-refractivity contribution in [2.45, 2.75) is 74.1 Å². The Morgan fingerprint density at radius 2 is 1.77 bits per heavy atom. The molecule has 0 heteroatoms. The predicted molar refractivity (Wildman–Crippen MR) is 103 cm³/mol. The van der Waals surface area contributed by atoms with Crippen LogP contribution in [0.5, 0.6) is 0 Å². The molecular formula is C22H36. The molecule has 0 fully saturated rings. The Kier molecular flexibility index (Phi) is 10.6. The molecule has 0 bridgehead atoms. The summed E-state index contributed by atoms with van der Waals surface area (Å²) >= 11 is 0. The lowest BCUT2D eigenvalue weighted by molar-refractivity contribution is 0.609. The maximum atomic E-state index is 3.56. The summed E-state index contributed by atoms with van der Waals surface area (Å²) in [7, 11) is 0. The summed E-state index contributed by atoms with van der Waals surface area (Å²) in [6, 6.07) is 0. The third-order valence-corrected chi connectivity index (χ3v) is 3.38. The van der Waals surface area contributed by atoms with Gasteiger partial charge in [-0.05, 0) is 78.7 Å². The van der Waals surface area contributed by atoms with Crippen LogP contribution in [0.15, 0.2) is 58.7 Å². The fourth-order valence-electron chi connectivity index (χ4n) is 2.57. The van der Waals surface area contributed by atoms with Crippen LogP contribution in [0.1, 0.15) is 74.1 Å². The molecule has 1 aliphatic carbocycles. The highest BCUT2D eigenvalue weighted by Gasteiger charge is 2.08. The lowest BCUT2D eigenvalue weighted by Gasteiger charge is -2.16. The monoisotopic (exact) mass is 300 g/mol. The van der Waals surface area contributed by atoms with Gasteiger partial charge < -0.3 is 0 Å². The molecule has 0 saturated heterocycles. The van der Waals surface area contributed by atoms with Crippen molar-refractivity contribution in [3.05, 3.63) is 58.7 Å². The summed E-state index contributed by atoms with van der Waals surface area (Å²) in [5, 5.41) is 0. The Balaban J connectivity index is 0.000000980. The zero-order chi connectivity index (χ0) is 17.1. The fourth-order valence-corrected chi connectivity index (χ4v) is 2.57. The van der Waals surface area contributed by atoms with Crippen molar-refractivity contribution < 1.29 is 0 Å². The zero-order valence-electron chi connectivity index (χ0n) is 15.9. The van der Waals surface area contributed by atoms with E-state index in [1.54, 1.807) is 5.57 Å². The first-order chi connectivity index (χ1) is 10.2. The number of allylic oxidation sites excluding steroid dienone is 9. The van der Waals surface area contributed by atoms with E-state index in [4.69, 9.17) is 0 Å². The predicted octanol–water partition coefficient (Wildman–Crippen LogP) is 7.56. The Hall–Kier alpha value is -1.30. The van der Waals surface area contributed by atoms with Crippen molar-refractivity contribution in [1.29, 1.82) is 0 Å². The van der Waals surface area contributed by atoms with Gasteiger partial charge in [0, 0.05) is 0 Å². The molecule has 1 atom stereocenters. The summed E-state index contributed by atoms with van der Waals surface area (Å²) in [6.07, 6.45) is 14.5. The molecule has 0 nitrogen and oxygen atoms in total. The lowest BCUT2D eigenvalue weighted by Crippen LogP contribution is -2.00. The van der Waals surface area contributed by atoms with Crippen molar-refractivity contribution in [1.82, 2.24) is 0 Å². The first-order valence-corrected chi connectivity index (χ1v) is 8.57. The molecule has 0 aromatic heterocycles. The summed E-state index contributed by atoms with van der Waals surface area (Å²) in [5.74, 6) is 0.653. The molecule has 0 heterocycles. The average molecular weight is 301 g/mol. The molecule has 1 unspecified atom stereocenters. The first kappa shape index (κ1) is 20.7. The van der Waals surface area contributed by atoms with Gasteiger partial charge in [-0.2, -0.15) is 0 Å². The van der Waals surface area contributed by atoms with Crippen molar-refractivity contribution >= 4 is 0 Å². The number of rotatable bonds is 4.